The van der Waals surface area contributed by atoms with Crippen LogP contribution in [0.25, 0.3) is 0 Å². The molecule has 0 amide bonds. The Kier molecular flexibility index (Phi) is 5.51. The summed E-state index contributed by atoms with van der Waals surface area (Å²) in [5.74, 6) is 0.574. The Morgan fingerprint density at radius 2 is 1.83 bits per heavy atom. The van der Waals surface area contributed by atoms with Gasteiger partial charge >= 0.3 is 0 Å². The molecule has 0 heterocycles. The Balaban J connectivity index is 2.74. The molecule has 0 saturated carbocycles. The van der Waals surface area contributed by atoms with Gasteiger partial charge in [0.2, 0.25) is 0 Å². The van der Waals surface area contributed by atoms with E-state index in [1.807, 2.05) is 13.0 Å². The van der Waals surface area contributed by atoms with Crippen LogP contribution in [0.1, 0.15) is 18.9 Å². The quantitative estimate of drug-likeness (QED) is 0.793. The molecule has 0 aliphatic carbocycles. The van der Waals surface area contributed by atoms with Crippen molar-refractivity contribution in [2.24, 2.45) is 0 Å². The standard InChI is InChI=1S/C12H15NO3S2/c1-2-7-17(14)8-9-18(15,16)12-5-3-11(10-13)4-6-12/h3-6H,2,7-9H2,1H3. The minimum Gasteiger partial charge on any atom is -0.260 e. The Hall–Kier alpha value is -1.19. The minimum absolute atomic E-state index is 0.120. The molecule has 1 rings (SSSR count). The first-order valence-electron chi connectivity index (χ1n) is 5.57. The Labute approximate surface area is 110 Å². The predicted molar refractivity (Wildman–Crippen MR) is 71.4 cm³/mol. The lowest BCUT2D eigenvalue weighted by Crippen LogP contribution is -2.15. The number of nitrogens with zero attached hydrogens (tertiary/aromatic N) is 1. The summed E-state index contributed by atoms with van der Waals surface area (Å²) in [4.78, 5) is 0.176. The fourth-order valence-corrected chi connectivity index (χ4v) is 4.45. The first kappa shape index (κ1) is 14.9. The van der Waals surface area contributed by atoms with Crippen molar-refractivity contribution >= 4 is 20.6 Å². The molecule has 1 aromatic carbocycles. The Bertz CT molecular complexity index is 556. The number of benzene rings is 1. The third-order valence-corrected chi connectivity index (χ3v) is 5.87. The highest BCUT2D eigenvalue weighted by Crippen LogP contribution is 2.12. The summed E-state index contributed by atoms with van der Waals surface area (Å²) in [6, 6.07) is 7.69. The lowest BCUT2D eigenvalue weighted by Gasteiger charge is -2.04. The van der Waals surface area contributed by atoms with Gasteiger partial charge in [-0.1, -0.05) is 6.92 Å². The molecule has 0 aromatic heterocycles. The van der Waals surface area contributed by atoms with Crippen LogP contribution in [0.15, 0.2) is 29.2 Å². The summed E-state index contributed by atoms with van der Waals surface area (Å²) >= 11 is 0. The molecule has 1 aromatic rings. The second-order valence-corrected chi connectivity index (χ2v) is 7.61. The van der Waals surface area contributed by atoms with Crippen molar-refractivity contribution in [1.29, 1.82) is 5.26 Å². The third-order valence-electron chi connectivity index (χ3n) is 2.35. The van der Waals surface area contributed by atoms with E-state index in [1.54, 1.807) is 0 Å². The lowest BCUT2D eigenvalue weighted by molar-refractivity contribution is 0.597. The zero-order chi connectivity index (χ0) is 13.6. The van der Waals surface area contributed by atoms with Crippen LogP contribution in [-0.4, -0.2) is 29.9 Å². The number of nitriles is 1. The topological polar surface area (TPSA) is 75.0 Å². The second kappa shape index (κ2) is 6.66. The Morgan fingerprint density at radius 3 is 2.33 bits per heavy atom. The van der Waals surface area contributed by atoms with Gasteiger partial charge in [0.25, 0.3) is 0 Å². The van der Waals surface area contributed by atoms with Crippen molar-refractivity contribution in [3.8, 4) is 6.07 Å². The molecule has 0 aliphatic heterocycles. The average molecular weight is 285 g/mol. The maximum atomic E-state index is 11.9. The van der Waals surface area contributed by atoms with Crippen LogP contribution < -0.4 is 0 Å². The molecule has 0 aliphatic rings. The monoisotopic (exact) mass is 285 g/mol. The van der Waals surface area contributed by atoms with Crippen molar-refractivity contribution in [3.05, 3.63) is 29.8 Å². The van der Waals surface area contributed by atoms with Crippen LogP contribution in [0.5, 0.6) is 0 Å². The summed E-state index contributed by atoms with van der Waals surface area (Å²) in [6.45, 7) is 1.91. The summed E-state index contributed by atoms with van der Waals surface area (Å²) in [6.07, 6.45) is 0.781. The van der Waals surface area contributed by atoms with Crippen LogP contribution in [0, 0.1) is 11.3 Å². The molecular weight excluding hydrogens is 270 g/mol. The van der Waals surface area contributed by atoms with Crippen LogP contribution >= 0.6 is 0 Å². The summed E-state index contributed by atoms with van der Waals surface area (Å²) in [5, 5.41) is 8.63. The van der Waals surface area contributed by atoms with E-state index in [4.69, 9.17) is 5.26 Å². The van der Waals surface area contributed by atoms with Gasteiger partial charge in [0.15, 0.2) is 9.84 Å². The number of hydrogen-bond donors (Lipinski definition) is 0. The van der Waals surface area contributed by atoms with Gasteiger partial charge in [0.1, 0.15) is 0 Å². The van der Waals surface area contributed by atoms with Crippen LogP contribution in [0.4, 0.5) is 0 Å². The van der Waals surface area contributed by atoms with Gasteiger partial charge in [0, 0.05) is 22.3 Å². The molecule has 6 heteroatoms. The lowest BCUT2D eigenvalue weighted by atomic mass is 10.2. The van der Waals surface area contributed by atoms with Gasteiger partial charge < -0.3 is 0 Å². The molecule has 18 heavy (non-hydrogen) atoms. The normalized spacial score (nSPS) is 12.9. The molecule has 0 saturated heterocycles. The SMILES string of the molecule is CCCS(=O)CCS(=O)(=O)c1ccc(C#N)cc1. The summed E-state index contributed by atoms with van der Waals surface area (Å²) in [5.41, 5.74) is 0.420. The van der Waals surface area contributed by atoms with Gasteiger partial charge in [-0.15, -0.1) is 0 Å². The van der Waals surface area contributed by atoms with E-state index in [-0.39, 0.29) is 16.4 Å². The maximum absolute atomic E-state index is 11.9. The van der Waals surface area contributed by atoms with Gasteiger partial charge in [-0.2, -0.15) is 5.26 Å². The minimum atomic E-state index is -3.40. The highest BCUT2D eigenvalue weighted by Gasteiger charge is 2.15. The number of rotatable bonds is 6. The van der Waals surface area contributed by atoms with Crippen molar-refractivity contribution < 1.29 is 12.6 Å². The van der Waals surface area contributed by atoms with Crippen LogP contribution in [0.2, 0.25) is 0 Å². The molecular formula is C12H15NO3S2. The van der Waals surface area contributed by atoms with E-state index in [0.29, 0.717) is 11.3 Å². The van der Waals surface area contributed by atoms with E-state index in [0.717, 1.165) is 6.42 Å². The maximum Gasteiger partial charge on any atom is 0.179 e. The molecule has 1 atom stereocenters. The number of sulfone groups is 1. The second-order valence-electron chi connectivity index (χ2n) is 3.80. The molecule has 98 valence electrons. The highest BCUT2D eigenvalue weighted by atomic mass is 32.2. The molecule has 1 unspecified atom stereocenters. The largest absolute Gasteiger partial charge is 0.260 e. The summed E-state index contributed by atoms with van der Waals surface area (Å²) in [7, 11) is -4.48. The molecule has 0 radical (unpaired) electrons. The molecule has 0 bridgehead atoms. The fourth-order valence-electron chi connectivity index (χ4n) is 1.39. The predicted octanol–water partition coefficient (Wildman–Crippen LogP) is 1.49. The first-order valence-corrected chi connectivity index (χ1v) is 8.71. The van der Waals surface area contributed by atoms with E-state index in [9.17, 15) is 12.6 Å². The van der Waals surface area contributed by atoms with Crippen LogP contribution in [-0.2, 0) is 20.6 Å². The number of hydrogen-bond acceptors (Lipinski definition) is 4. The zero-order valence-electron chi connectivity index (χ0n) is 10.1. The Morgan fingerprint density at radius 1 is 1.22 bits per heavy atom. The van der Waals surface area contributed by atoms with Gasteiger partial charge in [0.05, 0.1) is 22.3 Å². The van der Waals surface area contributed by atoms with E-state index >= 15 is 0 Å². The molecule has 4 nitrogen and oxygen atoms in total. The van der Waals surface area contributed by atoms with E-state index in [2.05, 4.69) is 0 Å². The van der Waals surface area contributed by atoms with Crippen molar-refractivity contribution in [2.45, 2.75) is 18.2 Å². The van der Waals surface area contributed by atoms with Crippen molar-refractivity contribution in [1.82, 2.24) is 0 Å². The fraction of sp³-hybridized carbons (Fsp3) is 0.417. The summed E-state index contributed by atoms with van der Waals surface area (Å²) < 4.78 is 35.3. The first-order chi connectivity index (χ1) is 8.49. The van der Waals surface area contributed by atoms with E-state index in [1.165, 1.54) is 24.3 Å². The third kappa shape index (κ3) is 4.24. The van der Waals surface area contributed by atoms with Gasteiger partial charge in [-0.05, 0) is 30.7 Å². The smallest absolute Gasteiger partial charge is 0.179 e. The molecule has 0 fully saturated rings. The van der Waals surface area contributed by atoms with E-state index < -0.39 is 20.6 Å². The highest BCUT2D eigenvalue weighted by molar-refractivity contribution is 7.93. The van der Waals surface area contributed by atoms with Crippen molar-refractivity contribution in [3.63, 3.8) is 0 Å². The zero-order valence-corrected chi connectivity index (χ0v) is 11.8. The van der Waals surface area contributed by atoms with Crippen LogP contribution in [0.3, 0.4) is 0 Å². The van der Waals surface area contributed by atoms with Gasteiger partial charge in [-0.25, -0.2) is 8.42 Å². The molecule has 0 spiro atoms. The average Bonchev–Trinajstić information content (AvgIpc) is 2.37. The van der Waals surface area contributed by atoms with Crippen molar-refractivity contribution in [2.75, 3.05) is 17.3 Å². The molecule has 0 N–H and O–H groups in total. The van der Waals surface area contributed by atoms with Gasteiger partial charge in [-0.3, -0.25) is 4.21 Å².